The summed E-state index contributed by atoms with van der Waals surface area (Å²) in [6.07, 6.45) is 0. The molecule has 2 fully saturated rings. The predicted octanol–water partition coefficient (Wildman–Crippen LogP) is 1.68. The summed E-state index contributed by atoms with van der Waals surface area (Å²) < 4.78 is 14.2. The highest BCUT2D eigenvalue weighted by Crippen LogP contribution is 2.17. The van der Waals surface area contributed by atoms with Gasteiger partial charge in [0, 0.05) is 56.3 Å². The lowest BCUT2D eigenvalue weighted by Gasteiger charge is -2.43. The largest absolute Gasteiger partial charge is 0.314 e. The average Bonchev–Trinajstić information content (AvgIpc) is 2.28. The van der Waals surface area contributed by atoms with E-state index in [9.17, 15) is 4.39 Å². The molecule has 0 unspecified atom stereocenters. The molecule has 0 amide bonds. The number of nitrogens with one attached hydrogen (secondary N) is 1. The second-order valence-electron chi connectivity index (χ2n) is 5.40. The highest BCUT2D eigenvalue weighted by Gasteiger charge is 2.27. The van der Waals surface area contributed by atoms with Crippen molar-refractivity contribution in [3.8, 4) is 0 Å². The number of hydrogen-bond acceptors (Lipinski definition) is 3. The van der Waals surface area contributed by atoms with E-state index in [0.29, 0.717) is 0 Å². The Balaban J connectivity index is 1.53. The summed E-state index contributed by atoms with van der Waals surface area (Å²) in [4.78, 5) is 4.97. The van der Waals surface area contributed by atoms with Crippen molar-refractivity contribution in [1.82, 2.24) is 15.1 Å². The number of nitrogens with zero attached hydrogens (tertiary/aromatic N) is 2. The molecule has 0 radical (unpaired) electrons. The maximum Gasteiger partial charge on any atom is 0.124 e. The molecule has 1 aromatic carbocycles. The van der Waals surface area contributed by atoms with E-state index in [2.05, 4.69) is 31.0 Å². The molecule has 3 nitrogen and oxygen atoms in total. The Kier molecular flexibility index (Phi) is 4.17. The van der Waals surface area contributed by atoms with E-state index in [0.717, 1.165) is 61.9 Å². The molecule has 1 N–H and O–H groups in total. The van der Waals surface area contributed by atoms with E-state index >= 15 is 0 Å². The molecule has 0 aromatic heterocycles. The fourth-order valence-corrected chi connectivity index (χ4v) is 3.29. The van der Waals surface area contributed by atoms with Crippen LogP contribution in [-0.2, 0) is 6.54 Å². The molecule has 5 heteroatoms. The zero-order valence-electron chi connectivity index (χ0n) is 10.9. The van der Waals surface area contributed by atoms with E-state index < -0.39 is 0 Å². The molecule has 104 valence electrons. The van der Waals surface area contributed by atoms with Gasteiger partial charge in [-0.1, -0.05) is 15.9 Å². The number of hydrogen-bond donors (Lipinski definition) is 1. The summed E-state index contributed by atoms with van der Waals surface area (Å²) in [5.41, 5.74) is 1.05. The zero-order valence-corrected chi connectivity index (χ0v) is 12.5. The van der Waals surface area contributed by atoms with Crippen LogP contribution in [0.1, 0.15) is 5.56 Å². The fraction of sp³-hybridized carbons (Fsp3) is 0.571. The molecule has 2 heterocycles. The van der Waals surface area contributed by atoms with Crippen molar-refractivity contribution in [2.24, 2.45) is 0 Å². The summed E-state index contributed by atoms with van der Waals surface area (Å²) in [5.74, 6) is -0.163. The van der Waals surface area contributed by atoms with Crippen LogP contribution in [0.4, 0.5) is 4.39 Å². The Morgan fingerprint density at radius 1 is 1.16 bits per heavy atom. The van der Waals surface area contributed by atoms with Gasteiger partial charge in [-0.05, 0) is 23.8 Å². The van der Waals surface area contributed by atoms with Gasteiger partial charge in [0.15, 0.2) is 0 Å². The van der Waals surface area contributed by atoms with Crippen LogP contribution in [0.15, 0.2) is 22.7 Å². The standard InChI is InChI=1S/C14H19BrFN3/c15-12-5-11(6-13(16)7-12)10-18-1-3-19(4-2-18)14-8-17-9-14/h5-7,14,17H,1-4,8-10H2. The minimum Gasteiger partial charge on any atom is -0.314 e. The minimum absolute atomic E-state index is 0.163. The van der Waals surface area contributed by atoms with Crippen LogP contribution in [0.3, 0.4) is 0 Å². The normalized spacial score (nSPS) is 22.4. The third kappa shape index (κ3) is 3.34. The highest BCUT2D eigenvalue weighted by molar-refractivity contribution is 9.10. The molecule has 0 bridgehead atoms. The van der Waals surface area contributed by atoms with E-state index in [-0.39, 0.29) is 5.82 Å². The molecule has 2 aliphatic rings. The monoisotopic (exact) mass is 327 g/mol. The summed E-state index contributed by atoms with van der Waals surface area (Å²) in [7, 11) is 0. The fourth-order valence-electron chi connectivity index (χ4n) is 2.78. The van der Waals surface area contributed by atoms with Gasteiger partial charge in [-0.25, -0.2) is 4.39 Å². The third-order valence-corrected chi connectivity index (χ3v) is 4.47. The second kappa shape index (κ2) is 5.87. The first kappa shape index (κ1) is 13.5. The number of halogens is 2. The second-order valence-corrected chi connectivity index (χ2v) is 6.32. The van der Waals surface area contributed by atoms with Gasteiger partial charge in [-0.15, -0.1) is 0 Å². The molecular formula is C14H19BrFN3. The predicted molar refractivity (Wildman–Crippen MR) is 77.6 cm³/mol. The van der Waals surface area contributed by atoms with Crippen molar-refractivity contribution in [2.45, 2.75) is 12.6 Å². The van der Waals surface area contributed by atoms with Crippen LogP contribution in [0.2, 0.25) is 0 Å². The molecule has 0 atom stereocenters. The van der Waals surface area contributed by atoms with Gasteiger partial charge in [0.2, 0.25) is 0 Å². The van der Waals surface area contributed by atoms with Gasteiger partial charge in [0.25, 0.3) is 0 Å². The maximum absolute atomic E-state index is 13.3. The SMILES string of the molecule is Fc1cc(Br)cc(CN2CCN(C3CNC3)CC2)c1. The molecule has 3 rings (SSSR count). The quantitative estimate of drug-likeness (QED) is 0.911. The molecule has 0 aliphatic carbocycles. The molecule has 19 heavy (non-hydrogen) atoms. The third-order valence-electron chi connectivity index (χ3n) is 4.01. The highest BCUT2D eigenvalue weighted by atomic mass is 79.9. The Labute approximate surface area is 121 Å². The molecule has 0 spiro atoms. The Hall–Kier alpha value is -0.490. The van der Waals surface area contributed by atoms with Gasteiger partial charge in [-0.3, -0.25) is 9.80 Å². The molecule has 1 aromatic rings. The first-order chi connectivity index (χ1) is 9.20. The number of benzene rings is 1. The van der Waals surface area contributed by atoms with Crippen LogP contribution < -0.4 is 5.32 Å². The van der Waals surface area contributed by atoms with E-state index in [4.69, 9.17) is 0 Å². The molecule has 2 aliphatic heterocycles. The van der Waals surface area contributed by atoms with Crippen molar-refractivity contribution in [3.05, 3.63) is 34.1 Å². The number of piperazine rings is 1. The van der Waals surface area contributed by atoms with E-state index in [1.54, 1.807) is 6.07 Å². The van der Waals surface area contributed by atoms with Crippen molar-refractivity contribution < 1.29 is 4.39 Å². The van der Waals surface area contributed by atoms with Crippen LogP contribution in [-0.4, -0.2) is 55.1 Å². The van der Waals surface area contributed by atoms with Crippen LogP contribution in [0.25, 0.3) is 0 Å². The van der Waals surface area contributed by atoms with Crippen LogP contribution >= 0.6 is 15.9 Å². The minimum atomic E-state index is -0.163. The van der Waals surface area contributed by atoms with Crippen molar-refractivity contribution in [3.63, 3.8) is 0 Å². The lowest BCUT2D eigenvalue weighted by atomic mass is 10.1. The summed E-state index contributed by atoms with van der Waals surface area (Å²) in [5, 5.41) is 3.32. The first-order valence-corrected chi connectivity index (χ1v) is 7.62. The zero-order chi connectivity index (χ0) is 13.2. The lowest BCUT2D eigenvalue weighted by molar-refractivity contribution is 0.0695. The van der Waals surface area contributed by atoms with Crippen molar-refractivity contribution in [1.29, 1.82) is 0 Å². The number of rotatable bonds is 3. The van der Waals surface area contributed by atoms with Gasteiger partial charge < -0.3 is 5.32 Å². The van der Waals surface area contributed by atoms with Crippen molar-refractivity contribution in [2.75, 3.05) is 39.3 Å². The van der Waals surface area contributed by atoms with E-state index in [1.165, 1.54) is 6.07 Å². The van der Waals surface area contributed by atoms with Gasteiger partial charge in [-0.2, -0.15) is 0 Å². The summed E-state index contributed by atoms with van der Waals surface area (Å²) in [6, 6.07) is 5.88. The molecule has 0 saturated carbocycles. The summed E-state index contributed by atoms with van der Waals surface area (Å²) >= 11 is 3.35. The molecular weight excluding hydrogens is 309 g/mol. The van der Waals surface area contributed by atoms with Gasteiger partial charge >= 0.3 is 0 Å². The molecule has 2 saturated heterocycles. The smallest absolute Gasteiger partial charge is 0.124 e. The van der Waals surface area contributed by atoms with Crippen molar-refractivity contribution >= 4 is 15.9 Å². The summed E-state index contributed by atoms with van der Waals surface area (Å²) in [6.45, 7) is 7.52. The Morgan fingerprint density at radius 2 is 1.89 bits per heavy atom. The lowest BCUT2D eigenvalue weighted by Crippen LogP contribution is -2.61. The average molecular weight is 328 g/mol. The maximum atomic E-state index is 13.3. The topological polar surface area (TPSA) is 18.5 Å². The van der Waals surface area contributed by atoms with Gasteiger partial charge in [0.05, 0.1) is 0 Å². The van der Waals surface area contributed by atoms with E-state index in [1.807, 2.05) is 6.07 Å². The first-order valence-electron chi connectivity index (χ1n) is 6.83. The van der Waals surface area contributed by atoms with Crippen LogP contribution in [0.5, 0.6) is 0 Å². The van der Waals surface area contributed by atoms with Crippen LogP contribution in [0, 0.1) is 5.82 Å². The Morgan fingerprint density at radius 3 is 2.47 bits per heavy atom. The van der Waals surface area contributed by atoms with Gasteiger partial charge in [0.1, 0.15) is 5.82 Å². The Bertz CT molecular complexity index is 422.